The second kappa shape index (κ2) is 9.32. The molecule has 19 heavy (non-hydrogen) atoms. The molecule has 4 heteroatoms. The monoisotopic (exact) mass is 270 g/mol. The Balaban J connectivity index is 2.34. The predicted octanol–water partition coefficient (Wildman–Crippen LogP) is 1.76. The van der Waals surface area contributed by atoms with Crippen molar-refractivity contribution in [2.45, 2.75) is 51.9 Å². The summed E-state index contributed by atoms with van der Waals surface area (Å²) in [4.78, 5) is 14.1. The third kappa shape index (κ3) is 5.91. The van der Waals surface area contributed by atoms with Crippen molar-refractivity contribution < 1.29 is 9.90 Å². The number of amides is 1. The summed E-state index contributed by atoms with van der Waals surface area (Å²) in [6.45, 7) is 4.24. The summed E-state index contributed by atoms with van der Waals surface area (Å²) in [6.07, 6.45) is 7.36. The molecule has 0 radical (unpaired) electrons. The number of hydrogen-bond acceptors (Lipinski definition) is 3. The maximum atomic E-state index is 12.2. The molecule has 1 amide bonds. The Morgan fingerprint density at radius 2 is 1.84 bits per heavy atom. The smallest absolute Gasteiger partial charge is 0.222 e. The van der Waals surface area contributed by atoms with Crippen LogP contribution in [-0.4, -0.2) is 42.2 Å². The fourth-order valence-corrected chi connectivity index (χ4v) is 2.88. The van der Waals surface area contributed by atoms with Gasteiger partial charge in [-0.2, -0.15) is 0 Å². The molecule has 0 heterocycles. The first-order valence-corrected chi connectivity index (χ1v) is 7.79. The van der Waals surface area contributed by atoms with Gasteiger partial charge in [-0.15, -0.1) is 0 Å². The first kappa shape index (κ1) is 16.4. The third-order valence-corrected chi connectivity index (χ3v) is 4.27. The van der Waals surface area contributed by atoms with E-state index >= 15 is 0 Å². The van der Waals surface area contributed by atoms with Gasteiger partial charge in [0.05, 0.1) is 6.61 Å². The molecule has 0 unspecified atom stereocenters. The Hall–Kier alpha value is -0.610. The molecule has 1 aliphatic rings. The Bertz CT molecular complexity index is 251. The second-order valence-electron chi connectivity index (χ2n) is 5.78. The zero-order valence-corrected chi connectivity index (χ0v) is 12.3. The van der Waals surface area contributed by atoms with E-state index in [2.05, 4.69) is 6.92 Å². The van der Waals surface area contributed by atoms with Crippen LogP contribution in [0.15, 0.2) is 0 Å². The average molecular weight is 270 g/mol. The largest absolute Gasteiger partial charge is 0.395 e. The van der Waals surface area contributed by atoms with E-state index in [0.717, 1.165) is 38.8 Å². The Labute approximate surface area is 117 Å². The fraction of sp³-hybridized carbons (Fsp3) is 0.933. The Kier molecular flexibility index (Phi) is 8.07. The second-order valence-corrected chi connectivity index (χ2v) is 5.78. The quantitative estimate of drug-likeness (QED) is 0.706. The van der Waals surface area contributed by atoms with Gasteiger partial charge >= 0.3 is 0 Å². The number of carbonyl (C=O) groups is 1. The zero-order valence-electron chi connectivity index (χ0n) is 12.3. The van der Waals surface area contributed by atoms with E-state index in [-0.39, 0.29) is 12.5 Å². The molecule has 0 aliphatic heterocycles. The summed E-state index contributed by atoms with van der Waals surface area (Å²) in [5.74, 6) is 1.41. The molecule has 0 saturated heterocycles. The lowest BCUT2D eigenvalue weighted by atomic mass is 9.80. The number of aliphatic hydroxyl groups excluding tert-OH is 1. The summed E-state index contributed by atoms with van der Waals surface area (Å²) in [5, 5.41) is 9.05. The SMILES string of the molecule is CCCCN(CCO)C(=O)CC1CCC(CN)CC1. The highest BCUT2D eigenvalue weighted by Crippen LogP contribution is 2.30. The maximum Gasteiger partial charge on any atom is 0.222 e. The molecule has 0 atom stereocenters. The van der Waals surface area contributed by atoms with Crippen LogP contribution in [0.4, 0.5) is 0 Å². The molecule has 3 N–H and O–H groups in total. The number of aliphatic hydroxyl groups is 1. The van der Waals surface area contributed by atoms with Crippen molar-refractivity contribution in [3.8, 4) is 0 Å². The highest BCUT2D eigenvalue weighted by atomic mass is 16.3. The van der Waals surface area contributed by atoms with Crippen LogP contribution in [0.1, 0.15) is 51.9 Å². The minimum absolute atomic E-state index is 0.0648. The van der Waals surface area contributed by atoms with Gasteiger partial charge in [0.15, 0.2) is 0 Å². The number of nitrogens with two attached hydrogens (primary N) is 1. The summed E-state index contributed by atoms with van der Waals surface area (Å²) in [5.41, 5.74) is 5.69. The third-order valence-electron chi connectivity index (χ3n) is 4.27. The van der Waals surface area contributed by atoms with Crippen LogP contribution < -0.4 is 5.73 Å². The lowest BCUT2D eigenvalue weighted by Crippen LogP contribution is -2.36. The topological polar surface area (TPSA) is 66.6 Å². The molecule has 1 aliphatic carbocycles. The van der Waals surface area contributed by atoms with Crippen LogP contribution in [-0.2, 0) is 4.79 Å². The van der Waals surface area contributed by atoms with Crippen LogP contribution in [0, 0.1) is 11.8 Å². The number of nitrogens with zero attached hydrogens (tertiary/aromatic N) is 1. The van der Waals surface area contributed by atoms with Crippen molar-refractivity contribution in [3.05, 3.63) is 0 Å². The van der Waals surface area contributed by atoms with E-state index in [1.54, 1.807) is 0 Å². The highest BCUT2D eigenvalue weighted by Gasteiger charge is 2.24. The number of hydrogen-bond donors (Lipinski definition) is 2. The van der Waals surface area contributed by atoms with E-state index < -0.39 is 0 Å². The van der Waals surface area contributed by atoms with E-state index in [1.165, 1.54) is 12.8 Å². The first-order valence-electron chi connectivity index (χ1n) is 7.79. The number of unbranched alkanes of at least 4 members (excludes halogenated alkanes) is 1. The fourth-order valence-electron chi connectivity index (χ4n) is 2.88. The van der Waals surface area contributed by atoms with Gasteiger partial charge in [-0.05, 0) is 50.5 Å². The molecule has 0 aromatic carbocycles. The summed E-state index contributed by atoms with van der Waals surface area (Å²) in [6, 6.07) is 0. The Morgan fingerprint density at radius 3 is 2.37 bits per heavy atom. The minimum Gasteiger partial charge on any atom is -0.395 e. The first-order chi connectivity index (χ1) is 9.21. The van der Waals surface area contributed by atoms with Crippen LogP contribution in [0.5, 0.6) is 0 Å². The van der Waals surface area contributed by atoms with Crippen molar-refractivity contribution in [2.75, 3.05) is 26.2 Å². The molecular formula is C15H30N2O2. The molecule has 4 nitrogen and oxygen atoms in total. The van der Waals surface area contributed by atoms with Crippen LogP contribution >= 0.6 is 0 Å². The molecular weight excluding hydrogens is 240 g/mol. The van der Waals surface area contributed by atoms with Gasteiger partial charge in [0.2, 0.25) is 5.91 Å². The van der Waals surface area contributed by atoms with E-state index in [9.17, 15) is 4.79 Å². The minimum atomic E-state index is 0.0648. The maximum absolute atomic E-state index is 12.2. The van der Waals surface area contributed by atoms with Gasteiger partial charge in [0.1, 0.15) is 0 Å². The van der Waals surface area contributed by atoms with E-state index in [1.807, 2.05) is 4.90 Å². The van der Waals surface area contributed by atoms with Gasteiger partial charge in [-0.1, -0.05) is 13.3 Å². The van der Waals surface area contributed by atoms with Crippen LogP contribution in [0.2, 0.25) is 0 Å². The van der Waals surface area contributed by atoms with Crippen molar-refractivity contribution in [3.63, 3.8) is 0 Å². The summed E-state index contributed by atoms with van der Waals surface area (Å²) in [7, 11) is 0. The van der Waals surface area contributed by atoms with E-state index in [4.69, 9.17) is 10.8 Å². The van der Waals surface area contributed by atoms with Crippen molar-refractivity contribution in [1.29, 1.82) is 0 Å². The van der Waals surface area contributed by atoms with Crippen molar-refractivity contribution in [2.24, 2.45) is 17.6 Å². The molecule has 1 fully saturated rings. The van der Waals surface area contributed by atoms with Crippen molar-refractivity contribution in [1.82, 2.24) is 4.90 Å². The van der Waals surface area contributed by atoms with Crippen LogP contribution in [0.3, 0.4) is 0 Å². The molecule has 1 saturated carbocycles. The number of carbonyl (C=O) groups excluding carboxylic acids is 1. The summed E-state index contributed by atoms with van der Waals surface area (Å²) >= 11 is 0. The van der Waals surface area contributed by atoms with Crippen LogP contribution in [0.25, 0.3) is 0 Å². The zero-order chi connectivity index (χ0) is 14.1. The Morgan fingerprint density at radius 1 is 1.21 bits per heavy atom. The van der Waals surface area contributed by atoms with Gasteiger partial charge in [-0.3, -0.25) is 4.79 Å². The molecule has 0 bridgehead atoms. The molecule has 0 spiro atoms. The highest BCUT2D eigenvalue weighted by molar-refractivity contribution is 5.76. The molecule has 1 rings (SSSR count). The van der Waals surface area contributed by atoms with Crippen molar-refractivity contribution >= 4 is 5.91 Å². The standard InChI is InChI=1S/C15H30N2O2/c1-2-3-8-17(9-10-18)15(19)11-13-4-6-14(12-16)7-5-13/h13-14,18H,2-12,16H2,1H3. The van der Waals surface area contributed by atoms with E-state index in [0.29, 0.717) is 24.8 Å². The molecule has 112 valence electrons. The number of rotatable bonds is 8. The van der Waals surface area contributed by atoms with Gasteiger partial charge < -0.3 is 15.7 Å². The predicted molar refractivity (Wildman–Crippen MR) is 77.7 cm³/mol. The van der Waals surface area contributed by atoms with Gasteiger partial charge in [-0.25, -0.2) is 0 Å². The molecule has 0 aromatic heterocycles. The molecule has 0 aromatic rings. The lowest BCUT2D eigenvalue weighted by Gasteiger charge is -2.29. The average Bonchev–Trinajstić information content (AvgIpc) is 2.44. The lowest BCUT2D eigenvalue weighted by molar-refractivity contribution is -0.133. The van der Waals surface area contributed by atoms with Gasteiger partial charge in [0.25, 0.3) is 0 Å². The normalized spacial score (nSPS) is 23.3. The van der Waals surface area contributed by atoms with Gasteiger partial charge in [0, 0.05) is 19.5 Å². The summed E-state index contributed by atoms with van der Waals surface area (Å²) < 4.78 is 0.